The zero-order chi connectivity index (χ0) is 22.1. The van der Waals surface area contributed by atoms with Gasteiger partial charge in [0.15, 0.2) is 17.1 Å². The summed E-state index contributed by atoms with van der Waals surface area (Å²) in [6.07, 6.45) is 3.46. The average Bonchev–Trinajstić information content (AvgIpc) is 3.08. The summed E-state index contributed by atoms with van der Waals surface area (Å²) >= 11 is 0. The van der Waals surface area contributed by atoms with Gasteiger partial charge in [-0.3, -0.25) is 14.2 Å². The number of aromatic nitrogens is 4. The Morgan fingerprint density at radius 1 is 1.09 bits per heavy atom. The lowest BCUT2D eigenvalue weighted by Crippen LogP contribution is -2.27. The summed E-state index contributed by atoms with van der Waals surface area (Å²) in [7, 11) is 0. The first-order chi connectivity index (χ1) is 15.6. The molecule has 0 bridgehead atoms. The van der Waals surface area contributed by atoms with Crippen LogP contribution in [0.15, 0.2) is 59.8 Å². The summed E-state index contributed by atoms with van der Waals surface area (Å²) in [5, 5.41) is 7.19. The van der Waals surface area contributed by atoms with E-state index in [1.807, 2.05) is 0 Å². The standard InChI is InChI=1S/C22H18FN5O4/c23-14-2-5-16(6-3-14)28-21-17(11-25-28)22(30)27(13-24-21)12-20(29)26-15-4-7-18-19(10-15)32-9-1-8-31-18/h2-7,10-11,13H,1,8-9,12H2,(H,26,29). The zero-order valence-corrected chi connectivity index (χ0v) is 16.8. The molecule has 162 valence electrons. The predicted octanol–water partition coefficient (Wildman–Crippen LogP) is 2.52. The van der Waals surface area contributed by atoms with Crippen molar-refractivity contribution >= 4 is 22.6 Å². The number of anilines is 1. The summed E-state index contributed by atoms with van der Waals surface area (Å²) in [6.45, 7) is 0.893. The van der Waals surface area contributed by atoms with Gasteiger partial charge in [0, 0.05) is 18.2 Å². The van der Waals surface area contributed by atoms with Gasteiger partial charge in [0.05, 0.1) is 25.1 Å². The van der Waals surface area contributed by atoms with Crippen molar-refractivity contribution in [2.75, 3.05) is 18.5 Å². The van der Waals surface area contributed by atoms with E-state index in [4.69, 9.17) is 9.47 Å². The van der Waals surface area contributed by atoms with Gasteiger partial charge in [-0.05, 0) is 36.4 Å². The molecule has 3 heterocycles. The molecule has 1 aliphatic rings. The monoisotopic (exact) mass is 435 g/mol. The highest BCUT2D eigenvalue weighted by Gasteiger charge is 2.15. The topological polar surface area (TPSA) is 100 Å². The van der Waals surface area contributed by atoms with Gasteiger partial charge < -0.3 is 14.8 Å². The summed E-state index contributed by atoms with van der Waals surface area (Å²) in [6, 6.07) is 10.8. The number of rotatable bonds is 4. The van der Waals surface area contributed by atoms with Crippen LogP contribution in [0.5, 0.6) is 11.5 Å². The van der Waals surface area contributed by atoms with E-state index >= 15 is 0 Å². The van der Waals surface area contributed by atoms with Crippen LogP contribution in [0, 0.1) is 5.82 Å². The Morgan fingerprint density at radius 2 is 1.88 bits per heavy atom. The Balaban J connectivity index is 1.36. The predicted molar refractivity (Wildman–Crippen MR) is 114 cm³/mol. The molecule has 32 heavy (non-hydrogen) atoms. The number of fused-ring (bicyclic) bond motifs is 2. The van der Waals surface area contributed by atoms with Crippen LogP contribution >= 0.6 is 0 Å². The summed E-state index contributed by atoms with van der Waals surface area (Å²) < 4.78 is 27.0. The van der Waals surface area contributed by atoms with Crippen LogP contribution in [0.25, 0.3) is 16.7 Å². The molecule has 0 spiro atoms. The Kier molecular flexibility index (Phi) is 5.02. The molecular formula is C22H18FN5O4. The Morgan fingerprint density at radius 3 is 2.69 bits per heavy atom. The molecule has 2 aromatic carbocycles. The highest BCUT2D eigenvalue weighted by molar-refractivity contribution is 5.91. The van der Waals surface area contributed by atoms with Gasteiger partial charge in [0.1, 0.15) is 24.1 Å². The van der Waals surface area contributed by atoms with Crippen LogP contribution in [0.3, 0.4) is 0 Å². The van der Waals surface area contributed by atoms with Crippen LogP contribution in [0.1, 0.15) is 6.42 Å². The maximum atomic E-state index is 13.2. The molecule has 9 nitrogen and oxygen atoms in total. The van der Waals surface area contributed by atoms with E-state index in [0.717, 1.165) is 6.42 Å². The molecule has 4 aromatic rings. The van der Waals surface area contributed by atoms with Crippen LogP contribution in [0.2, 0.25) is 0 Å². The number of benzene rings is 2. The lowest BCUT2D eigenvalue weighted by Gasteiger charge is -2.11. The lowest BCUT2D eigenvalue weighted by molar-refractivity contribution is -0.116. The van der Waals surface area contributed by atoms with Gasteiger partial charge >= 0.3 is 0 Å². The first kappa shape index (κ1) is 19.7. The van der Waals surface area contributed by atoms with Gasteiger partial charge in [-0.2, -0.15) is 5.10 Å². The Bertz CT molecular complexity index is 1360. The smallest absolute Gasteiger partial charge is 0.264 e. The van der Waals surface area contributed by atoms with E-state index in [0.29, 0.717) is 41.7 Å². The minimum atomic E-state index is -0.405. The second-order valence-corrected chi connectivity index (χ2v) is 7.21. The third-order valence-corrected chi connectivity index (χ3v) is 4.97. The van der Waals surface area contributed by atoms with Crippen molar-refractivity contribution in [1.29, 1.82) is 0 Å². The van der Waals surface area contributed by atoms with Gasteiger partial charge in [0.25, 0.3) is 5.56 Å². The molecule has 0 aliphatic carbocycles. The number of hydrogen-bond donors (Lipinski definition) is 1. The van der Waals surface area contributed by atoms with Crippen molar-refractivity contribution in [3.8, 4) is 17.2 Å². The van der Waals surface area contributed by atoms with Gasteiger partial charge in [0.2, 0.25) is 5.91 Å². The number of ether oxygens (including phenoxy) is 2. The normalized spacial score (nSPS) is 13.0. The largest absolute Gasteiger partial charge is 0.490 e. The second-order valence-electron chi connectivity index (χ2n) is 7.21. The van der Waals surface area contributed by atoms with Crippen LogP contribution in [0.4, 0.5) is 10.1 Å². The molecule has 10 heteroatoms. The zero-order valence-electron chi connectivity index (χ0n) is 16.8. The number of nitrogens with one attached hydrogen (secondary N) is 1. The van der Waals surface area contributed by atoms with Gasteiger partial charge in [-0.25, -0.2) is 14.1 Å². The molecule has 1 N–H and O–H groups in total. The fraction of sp³-hybridized carbons (Fsp3) is 0.182. The third kappa shape index (κ3) is 3.78. The lowest BCUT2D eigenvalue weighted by atomic mass is 10.2. The van der Waals surface area contributed by atoms with Crippen molar-refractivity contribution in [3.63, 3.8) is 0 Å². The summed E-state index contributed by atoms with van der Waals surface area (Å²) in [4.78, 5) is 29.7. The van der Waals surface area contributed by atoms with Crippen LogP contribution in [-0.2, 0) is 11.3 Å². The van der Waals surface area contributed by atoms with Gasteiger partial charge in [-0.1, -0.05) is 0 Å². The highest BCUT2D eigenvalue weighted by Crippen LogP contribution is 2.32. The van der Waals surface area contributed by atoms with Crippen molar-refractivity contribution < 1.29 is 18.7 Å². The fourth-order valence-electron chi connectivity index (χ4n) is 3.43. The molecule has 1 aliphatic heterocycles. The van der Waals surface area contributed by atoms with E-state index in [1.165, 1.54) is 46.0 Å². The van der Waals surface area contributed by atoms with E-state index in [9.17, 15) is 14.0 Å². The molecule has 0 unspecified atom stereocenters. The number of amides is 1. The molecule has 1 amide bonds. The minimum Gasteiger partial charge on any atom is -0.490 e. The van der Waals surface area contributed by atoms with Gasteiger partial charge in [-0.15, -0.1) is 0 Å². The average molecular weight is 435 g/mol. The second kappa shape index (κ2) is 8.14. The van der Waals surface area contributed by atoms with Crippen molar-refractivity contribution in [2.24, 2.45) is 0 Å². The molecule has 0 saturated carbocycles. The molecule has 0 radical (unpaired) electrons. The van der Waals surface area contributed by atoms with Crippen molar-refractivity contribution in [3.05, 3.63) is 71.2 Å². The molecule has 0 atom stereocenters. The maximum absolute atomic E-state index is 13.2. The molecule has 5 rings (SSSR count). The van der Waals surface area contributed by atoms with Crippen LogP contribution < -0.4 is 20.3 Å². The van der Waals surface area contributed by atoms with E-state index in [2.05, 4.69) is 15.4 Å². The summed E-state index contributed by atoms with van der Waals surface area (Å²) in [5.74, 6) is 0.423. The minimum absolute atomic E-state index is 0.224. The SMILES string of the molecule is O=C(Cn1cnc2c(cnn2-c2ccc(F)cc2)c1=O)Nc1ccc2c(c1)OCCCO2. The molecular weight excluding hydrogens is 417 g/mol. The Labute approximate surface area is 181 Å². The number of hydrogen-bond acceptors (Lipinski definition) is 6. The van der Waals surface area contributed by atoms with Crippen molar-refractivity contribution in [2.45, 2.75) is 13.0 Å². The first-order valence-corrected chi connectivity index (χ1v) is 9.97. The Hall–Kier alpha value is -4.21. The molecule has 0 saturated heterocycles. The van der Waals surface area contributed by atoms with Crippen molar-refractivity contribution in [1.82, 2.24) is 19.3 Å². The summed E-state index contributed by atoms with van der Waals surface area (Å²) in [5.41, 5.74) is 1.02. The fourth-order valence-corrected chi connectivity index (χ4v) is 3.43. The van der Waals surface area contributed by atoms with Crippen LogP contribution in [-0.4, -0.2) is 38.5 Å². The maximum Gasteiger partial charge on any atom is 0.264 e. The van der Waals surface area contributed by atoms with E-state index < -0.39 is 11.5 Å². The quantitative estimate of drug-likeness (QED) is 0.529. The number of halogens is 1. The third-order valence-electron chi connectivity index (χ3n) is 4.97. The molecule has 2 aromatic heterocycles. The molecule has 0 fully saturated rings. The van der Waals surface area contributed by atoms with E-state index in [-0.39, 0.29) is 17.7 Å². The first-order valence-electron chi connectivity index (χ1n) is 9.97. The highest BCUT2D eigenvalue weighted by atomic mass is 19.1. The number of nitrogens with zero attached hydrogens (tertiary/aromatic N) is 4. The number of carbonyl (C=O) groups excluding carboxylic acids is 1. The number of carbonyl (C=O) groups is 1. The van der Waals surface area contributed by atoms with E-state index in [1.54, 1.807) is 18.2 Å².